The average Bonchev–Trinajstić information content (AvgIpc) is 3.10. The minimum atomic E-state index is -0.332. The third-order valence-electron chi connectivity index (χ3n) is 3.20. The second-order valence-electron chi connectivity index (χ2n) is 4.26. The highest BCUT2D eigenvalue weighted by molar-refractivity contribution is 7.98. The maximum absolute atomic E-state index is 10.5. The number of rotatable bonds is 4. The number of ether oxygens (including phenoxy) is 1. The molecule has 17 heavy (non-hydrogen) atoms. The Hall–Kier alpha value is -1.25. The molecule has 90 valence electrons. The molecular formula is C13H15NO2S. The van der Waals surface area contributed by atoms with Crippen LogP contribution < -0.4 is 4.74 Å². The third kappa shape index (κ3) is 2.11. The highest BCUT2D eigenvalue weighted by atomic mass is 32.2. The van der Waals surface area contributed by atoms with Gasteiger partial charge in [0.25, 0.3) is 0 Å². The zero-order valence-corrected chi connectivity index (χ0v) is 11.1. The van der Waals surface area contributed by atoms with Crippen molar-refractivity contribution in [3.63, 3.8) is 0 Å². The Labute approximate surface area is 105 Å². The molecule has 1 saturated carbocycles. The Morgan fingerprint density at radius 2 is 2.18 bits per heavy atom. The summed E-state index contributed by atoms with van der Waals surface area (Å²) < 4.78 is 5.34. The van der Waals surface area contributed by atoms with Crippen molar-refractivity contribution < 1.29 is 9.53 Å². The van der Waals surface area contributed by atoms with Gasteiger partial charge in [-0.2, -0.15) is 4.99 Å². The van der Waals surface area contributed by atoms with Crippen molar-refractivity contribution >= 4 is 17.8 Å². The summed E-state index contributed by atoms with van der Waals surface area (Å²) >= 11 is 1.68. The quantitative estimate of drug-likeness (QED) is 0.467. The number of nitrogens with zero attached hydrogens (tertiary/aromatic N) is 1. The predicted molar refractivity (Wildman–Crippen MR) is 68.5 cm³/mol. The van der Waals surface area contributed by atoms with Gasteiger partial charge in [-0.1, -0.05) is 0 Å². The molecule has 0 saturated heterocycles. The van der Waals surface area contributed by atoms with Gasteiger partial charge in [0.2, 0.25) is 6.08 Å². The van der Waals surface area contributed by atoms with Gasteiger partial charge in [-0.05, 0) is 49.3 Å². The van der Waals surface area contributed by atoms with Crippen molar-refractivity contribution in [3.05, 3.63) is 23.3 Å². The zero-order valence-electron chi connectivity index (χ0n) is 10.2. The van der Waals surface area contributed by atoms with E-state index in [1.165, 1.54) is 4.90 Å². The molecular weight excluding hydrogens is 234 g/mol. The fraction of sp³-hybridized carbons (Fsp3) is 0.462. The van der Waals surface area contributed by atoms with E-state index in [2.05, 4.69) is 11.1 Å². The molecule has 1 aromatic carbocycles. The van der Waals surface area contributed by atoms with Crippen LogP contribution in [0.25, 0.3) is 0 Å². The molecule has 0 amide bonds. The Bertz CT molecular complexity index is 488. The van der Waals surface area contributed by atoms with Gasteiger partial charge >= 0.3 is 0 Å². The summed E-state index contributed by atoms with van der Waals surface area (Å²) in [5.74, 6) is 0.852. The number of aryl methyl sites for hydroxylation is 1. The molecule has 1 aliphatic rings. The Kier molecular flexibility index (Phi) is 3.27. The Morgan fingerprint density at radius 1 is 1.47 bits per heavy atom. The highest BCUT2D eigenvalue weighted by Crippen LogP contribution is 2.52. The van der Waals surface area contributed by atoms with Crippen molar-refractivity contribution in [2.75, 3.05) is 13.4 Å². The lowest BCUT2D eigenvalue weighted by Gasteiger charge is -2.16. The van der Waals surface area contributed by atoms with Gasteiger partial charge in [0.15, 0.2) is 0 Å². The largest absolute Gasteiger partial charge is 0.496 e. The van der Waals surface area contributed by atoms with Gasteiger partial charge in [-0.3, -0.25) is 0 Å². The first-order chi connectivity index (χ1) is 8.16. The lowest BCUT2D eigenvalue weighted by atomic mass is 10.0. The van der Waals surface area contributed by atoms with Crippen LogP contribution in [0.5, 0.6) is 5.75 Å². The lowest BCUT2D eigenvalue weighted by molar-refractivity contribution is 0.410. The maximum atomic E-state index is 10.5. The van der Waals surface area contributed by atoms with Gasteiger partial charge in [0.1, 0.15) is 5.75 Å². The molecule has 1 fully saturated rings. The van der Waals surface area contributed by atoms with E-state index in [4.69, 9.17) is 4.74 Å². The Morgan fingerprint density at radius 3 is 2.65 bits per heavy atom. The highest BCUT2D eigenvalue weighted by Gasteiger charge is 2.46. The topological polar surface area (TPSA) is 38.7 Å². The molecule has 1 aromatic rings. The van der Waals surface area contributed by atoms with Gasteiger partial charge in [0, 0.05) is 4.90 Å². The molecule has 0 N–H and O–H groups in total. The smallest absolute Gasteiger partial charge is 0.235 e. The summed E-state index contributed by atoms with van der Waals surface area (Å²) in [4.78, 5) is 15.7. The van der Waals surface area contributed by atoms with E-state index in [1.807, 2.05) is 19.2 Å². The van der Waals surface area contributed by atoms with E-state index >= 15 is 0 Å². The standard InChI is InChI=1S/C13H15NO2S/c1-9-6-12(17-3)10(7-11(9)16-2)13(4-5-13)14-8-15/h6-7H,4-5H2,1-3H3. The Balaban J connectivity index is 2.55. The monoisotopic (exact) mass is 249 g/mol. The molecule has 0 aliphatic heterocycles. The van der Waals surface area contributed by atoms with Crippen molar-refractivity contribution in [3.8, 4) is 5.75 Å². The van der Waals surface area contributed by atoms with Crippen molar-refractivity contribution in [2.24, 2.45) is 4.99 Å². The number of hydrogen-bond donors (Lipinski definition) is 0. The van der Waals surface area contributed by atoms with Gasteiger partial charge in [-0.25, -0.2) is 4.79 Å². The first kappa shape index (κ1) is 12.2. The molecule has 0 bridgehead atoms. The molecule has 1 aliphatic carbocycles. The number of hydrogen-bond acceptors (Lipinski definition) is 4. The number of isocyanates is 1. The molecule has 0 unspecified atom stereocenters. The van der Waals surface area contributed by atoms with Gasteiger partial charge < -0.3 is 4.74 Å². The number of thioether (sulfide) groups is 1. The minimum absolute atomic E-state index is 0.332. The SMILES string of the molecule is COc1cc(C2(N=C=O)CC2)c(SC)cc1C. The predicted octanol–water partition coefficient (Wildman–Crippen LogP) is 3.05. The van der Waals surface area contributed by atoms with Crippen LogP contribution in [0.3, 0.4) is 0 Å². The summed E-state index contributed by atoms with van der Waals surface area (Å²) in [6.45, 7) is 2.02. The summed E-state index contributed by atoms with van der Waals surface area (Å²) in [6.07, 6.45) is 5.57. The van der Waals surface area contributed by atoms with E-state index < -0.39 is 0 Å². The maximum Gasteiger partial charge on any atom is 0.235 e. The van der Waals surface area contributed by atoms with Crippen LogP contribution in [0.4, 0.5) is 0 Å². The fourth-order valence-corrected chi connectivity index (χ4v) is 2.82. The summed E-state index contributed by atoms with van der Waals surface area (Å²) in [7, 11) is 1.66. The second-order valence-corrected chi connectivity index (χ2v) is 5.10. The van der Waals surface area contributed by atoms with Crippen LogP contribution >= 0.6 is 11.8 Å². The molecule has 0 atom stereocenters. The molecule has 4 heteroatoms. The van der Waals surface area contributed by atoms with Crippen LogP contribution in [-0.2, 0) is 10.3 Å². The third-order valence-corrected chi connectivity index (χ3v) is 3.98. The molecule has 2 rings (SSSR count). The first-order valence-electron chi connectivity index (χ1n) is 5.49. The summed E-state index contributed by atoms with van der Waals surface area (Å²) in [5, 5.41) is 0. The average molecular weight is 249 g/mol. The molecule has 0 spiro atoms. The molecule has 3 nitrogen and oxygen atoms in total. The van der Waals surface area contributed by atoms with E-state index in [0.717, 1.165) is 29.7 Å². The van der Waals surface area contributed by atoms with Crippen molar-refractivity contribution in [2.45, 2.75) is 30.2 Å². The van der Waals surface area contributed by atoms with Gasteiger partial charge in [-0.15, -0.1) is 11.8 Å². The first-order valence-corrected chi connectivity index (χ1v) is 6.71. The molecule has 0 aromatic heterocycles. The fourth-order valence-electron chi connectivity index (χ4n) is 2.06. The summed E-state index contributed by atoms with van der Waals surface area (Å²) in [6, 6.07) is 4.11. The van der Waals surface area contributed by atoms with Crippen LogP contribution in [0.2, 0.25) is 0 Å². The zero-order chi connectivity index (χ0) is 12.5. The van der Waals surface area contributed by atoms with Crippen molar-refractivity contribution in [1.29, 1.82) is 0 Å². The van der Waals surface area contributed by atoms with Crippen LogP contribution in [0.1, 0.15) is 24.0 Å². The minimum Gasteiger partial charge on any atom is -0.496 e. The number of carbonyl (C=O) groups excluding carboxylic acids is 1. The second kappa shape index (κ2) is 4.55. The van der Waals surface area contributed by atoms with Crippen LogP contribution in [0.15, 0.2) is 22.0 Å². The van der Waals surface area contributed by atoms with E-state index in [0.29, 0.717) is 0 Å². The molecule has 0 radical (unpaired) electrons. The number of benzene rings is 1. The summed E-state index contributed by atoms with van der Waals surface area (Å²) in [5.41, 5.74) is 1.86. The van der Waals surface area contributed by atoms with Crippen LogP contribution in [-0.4, -0.2) is 19.4 Å². The normalized spacial score (nSPS) is 16.2. The van der Waals surface area contributed by atoms with E-state index in [-0.39, 0.29) is 5.54 Å². The van der Waals surface area contributed by atoms with Crippen molar-refractivity contribution in [1.82, 2.24) is 0 Å². The molecule has 0 heterocycles. The van der Waals surface area contributed by atoms with Crippen LogP contribution in [0, 0.1) is 6.92 Å². The number of methoxy groups -OCH3 is 1. The number of aliphatic imine (C=N–C) groups is 1. The van der Waals surface area contributed by atoms with Gasteiger partial charge in [0.05, 0.1) is 12.6 Å². The van der Waals surface area contributed by atoms with E-state index in [1.54, 1.807) is 25.0 Å². The lowest BCUT2D eigenvalue weighted by Crippen LogP contribution is -2.05. The van der Waals surface area contributed by atoms with E-state index in [9.17, 15) is 4.79 Å².